The van der Waals surface area contributed by atoms with Crippen molar-refractivity contribution in [2.45, 2.75) is 58.5 Å². The van der Waals surface area contributed by atoms with Crippen molar-refractivity contribution in [3.05, 3.63) is 0 Å². The Morgan fingerprint density at radius 2 is 0.923 bits per heavy atom. The lowest BCUT2D eigenvalue weighted by atomic mass is 10.2. The van der Waals surface area contributed by atoms with Crippen LogP contribution in [0.1, 0.15) is 34.1 Å². The molecule has 0 heterocycles. The third kappa shape index (κ3) is 18.7. The highest BCUT2D eigenvalue weighted by Gasteiger charge is 1.99. The molecule has 0 fully saturated rings. The van der Waals surface area contributed by atoms with Gasteiger partial charge in [-0.1, -0.05) is 0 Å². The Hall–Kier alpha value is -0.160. The summed E-state index contributed by atoms with van der Waals surface area (Å²) in [4.78, 5) is 0. The SMILES string of the molecule is CC(O)C(C)O.CC(O)CC(C)O. The number of rotatable bonds is 3. The van der Waals surface area contributed by atoms with Gasteiger partial charge >= 0.3 is 0 Å². The number of aliphatic hydroxyl groups excluding tert-OH is 4. The normalized spacial score (nSPS) is 19.4. The average Bonchev–Trinajstić information content (AvgIpc) is 1.84. The Labute approximate surface area is 79.8 Å². The molecule has 82 valence electrons. The molecule has 0 aliphatic heterocycles. The van der Waals surface area contributed by atoms with Crippen LogP contribution in [-0.2, 0) is 0 Å². The van der Waals surface area contributed by atoms with E-state index >= 15 is 0 Å². The fraction of sp³-hybridized carbons (Fsp3) is 1.00. The molecule has 0 bridgehead atoms. The van der Waals surface area contributed by atoms with Crippen LogP contribution in [0.4, 0.5) is 0 Å². The van der Waals surface area contributed by atoms with E-state index in [2.05, 4.69) is 0 Å². The molecule has 4 heteroatoms. The lowest BCUT2D eigenvalue weighted by molar-refractivity contribution is 0.0438. The molecule has 0 rings (SSSR count). The molecule has 4 nitrogen and oxygen atoms in total. The van der Waals surface area contributed by atoms with Gasteiger partial charge in [0.1, 0.15) is 0 Å². The molecular formula is C9H22O4. The van der Waals surface area contributed by atoms with Crippen molar-refractivity contribution in [3.63, 3.8) is 0 Å². The molecule has 0 spiro atoms. The lowest BCUT2D eigenvalue weighted by Crippen LogP contribution is -2.17. The van der Waals surface area contributed by atoms with Crippen LogP contribution in [-0.4, -0.2) is 44.8 Å². The van der Waals surface area contributed by atoms with Crippen LogP contribution in [0.5, 0.6) is 0 Å². The minimum Gasteiger partial charge on any atom is -0.393 e. The Balaban J connectivity index is 0. The Morgan fingerprint density at radius 3 is 0.923 bits per heavy atom. The third-order valence-electron chi connectivity index (χ3n) is 1.38. The molecular weight excluding hydrogens is 172 g/mol. The average molecular weight is 194 g/mol. The van der Waals surface area contributed by atoms with Gasteiger partial charge in [-0.15, -0.1) is 0 Å². The molecule has 0 radical (unpaired) electrons. The van der Waals surface area contributed by atoms with Crippen LogP contribution in [0.3, 0.4) is 0 Å². The highest BCUT2D eigenvalue weighted by atomic mass is 16.3. The molecule has 0 aromatic rings. The molecule has 0 aromatic carbocycles. The van der Waals surface area contributed by atoms with E-state index in [1.54, 1.807) is 27.7 Å². The first-order valence-electron chi connectivity index (χ1n) is 4.49. The summed E-state index contributed by atoms with van der Waals surface area (Å²) >= 11 is 0. The molecule has 0 aromatic heterocycles. The predicted molar refractivity (Wildman–Crippen MR) is 51.3 cm³/mol. The van der Waals surface area contributed by atoms with Crippen LogP contribution in [0.2, 0.25) is 0 Å². The smallest absolute Gasteiger partial charge is 0.0768 e. The summed E-state index contributed by atoms with van der Waals surface area (Å²) in [5.74, 6) is 0. The molecule has 13 heavy (non-hydrogen) atoms. The molecule has 0 amide bonds. The van der Waals surface area contributed by atoms with Crippen LogP contribution in [0.25, 0.3) is 0 Å². The van der Waals surface area contributed by atoms with Crippen molar-refractivity contribution in [1.29, 1.82) is 0 Å². The molecule has 0 aliphatic carbocycles. The monoisotopic (exact) mass is 194 g/mol. The first-order valence-corrected chi connectivity index (χ1v) is 4.49. The Morgan fingerprint density at radius 1 is 0.692 bits per heavy atom. The first kappa shape index (κ1) is 15.3. The van der Waals surface area contributed by atoms with Gasteiger partial charge in [0.25, 0.3) is 0 Å². The van der Waals surface area contributed by atoms with Crippen LogP contribution < -0.4 is 0 Å². The summed E-state index contributed by atoms with van der Waals surface area (Å²) < 4.78 is 0. The zero-order valence-corrected chi connectivity index (χ0v) is 8.81. The van der Waals surface area contributed by atoms with Crippen molar-refractivity contribution in [1.82, 2.24) is 0 Å². The number of hydrogen-bond acceptors (Lipinski definition) is 4. The van der Waals surface area contributed by atoms with E-state index in [0.717, 1.165) is 0 Å². The minimum atomic E-state index is -0.593. The van der Waals surface area contributed by atoms with Gasteiger partial charge in [-0.25, -0.2) is 0 Å². The fourth-order valence-corrected chi connectivity index (χ4v) is 0.494. The Bertz CT molecular complexity index is 87.8. The largest absolute Gasteiger partial charge is 0.393 e. The molecule has 4 N–H and O–H groups in total. The predicted octanol–water partition coefficient (Wildman–Crippen LogP) is -0.114. The summed E-state index contributed by atoms with van der Waals surface area (Å²) in [6.45, 7) is 6.41. The van der Waals surface area contributed by atoms with E-state index in [-0.39, 0.29) is 12.2 Å². The van der Waals surface area contributed by atoms with E-state index < -0.39 is 12.2 Å². The summed E-state index contributed by atoms with van der Waals surface area (Å²) in [6.07, 6.45) is -1.46. The van der Waals surface area contributed by atoms with Crippen LogP contribution in [0, 0.1) is 0 Å². The second-order valence-corrected chi connectivity index (χ2v) is 3.41. The van der Waals surface area contributed by atoms with E-state index in [4.69, 9.17) is 20.4 Å². The minimum absolute atomic E-state index is 0.375. The van der Waals surface area contributed by atoms with Gasteiger partial charge < -0.3 is 20.4 Å². The second-order valence-electron chi connectivity index (χ2n) is 3.41. The first-order chi connectivity index (χ1) is 5.77. The number of aliphatic hydroxyl groups is 4. The standard InChI is InChI=1S/C5H12O2.C4H10O2/c1-4(6)3-5(2)7;1-3(5)4(2)6/h4-7H,3H2,1-2H3;3-6H,1-2H3. The van der Waals surface area contributed by atoms with E-state index in [9.17, 15) is 0 Å². The van der Waals surface area contributed by atoms with Crippen molar-refractivity contribution >= 4 is 0 Å². The summed E-state index contributed by atoms with van der Waals surface area (Å²) in [5.41, 5.74) is 0. The lowest BCUT2D eigenvalue weighted by Gasteiger charge is -2.04. The Kier molecular flexibility index (Phi) is 9.94. The van der Waals surface area contributed by atoms with Crippen molar-refractivity contribution in [2.24, 2.45) is 0 Å². The quantitative estimate of drug-likeness (QED) is 0.505. The molecule has 0 saturated heterocycles. The van der Waals surface area contributed by atoms with Crippen molar-refractivity contribution in [2.75, 3.05) is 0 Å². The highest BCUT2D eigenvalue weighted by Crippen LogP contribution is 1.93. The maximum Gasteiger partial charge on any atom is 0.0768 e. The molecule has 0 aliphatic rings. The van der Waals surface area contributed by atoms with Gasteiger partial charge in [-0.2, -0.15) is 0 Å². The zero-order valence-electron chi connectivity index (χ0n) is 8.81. The maximum absolute atomic E-state index is 8.56. The van der Waals surface area contributed by atoms with Crippen LogP contribution >= 0.6 is 0 Å². The summed E-state index contributed by atoms with van der Waals surface area (Å²) in [5, 5.41) is 33.9. The summed E-state index contributed by atoms with van der Waals surface area (Å²) in [7, 11) is 0. The molecule has 0 saturated carbocycles. The second kappa shape index (κ2) is 8.44. The van der Waals surface area contributed by atoms with Gasteiger partial charge in [0.2, 0.25) is 0 Å². The number of hydrogen-bond donors (Lipinski definition) is 4. The van der Waals surface area contributed by atoms with E-state index in [1.165, 1.54) is 0 Å². The van der Waals surface area contributed by atoms with E-state index in [1.807, 2.05) is 0 Å². The third-order valence-corrected chi connectivity index (χ3v) is 1.38. The van der Waals surface area contributed by atoms with Gasteiger partial charge in [0, 0.05) is 0 Å². The van der Waals surface area contributed by atoms with Gasteiger partial charge in [0.15, 0.2) is 0 Å². The van der Waals surface area contributed by atoms with Gasteiger partial charge in [-0.05, 0) is 34.1 Å². The summed E-state index contributed by atoms with van der Waals surface area (Å²) in [6, 6.07) is 0. The molecule has 4 unspecified atom stereocenters. The van der Waals surface area contributed by atoms with Crippen molar-refractivity contribution in [3.8, 4) is 0 Å². The van der Waals surface area contributed by atoms with Crippen molar-refractivity contribution < 1.29 is 20.4 Å². The fourth-order valence-electron chi connectivity index (χ4n) is 0.494. The highest BCUT2D eigenvalue weighted by molar-refractivity contribution is 4.51. The zero-order chi connectivity index (χ0) is 11.0. The topological polar surface area (TPSA) is 80.9 Å². The van der Waals surface area contributed by atoms with E-state index in [0.29, 0.717) is 6.42 Å². The maximum atomic E-state index is 8.56. The van der Waals surface area contributed by atoms with Crippen LogP contribution in [0.15, 0.2) is 0 Å². The van der Waals surface area contributed by atoms with Gasteiger partial charge in [0.05, 0.1) is 24.4 Å². The molecule has 4 atom stereocenters. The van der Waals surface area contributed by atoms with Gasteiger partial charge in [-0.3, -0.25) is 0 Å².